The predicted octanol–water partition coefficient (Wildman–Crippen LogP) is 3.81. The Hall–Kier alpha value is -0.490. The lowest BCUT2D eigenvalue weighted by atomic mass is 9.98. The Balaban J connectivity index is 0.00000220. The number of halogens is 5. The van der Waals surface area contributed by atoms with Crippen LogP contribution < -0.4 is 5.32 Å². The Labute approximate surface area is 134 Å². The lowest BCUT2D eigenvalue weighted by molar-refractivity contribution is 0.0725. The largest absolute Gasteiger partial charge is 0.314 e. The average molecular weight is 343 g/mol. The first-order valence-corrected chi connectivity index (χ1v) is 7.06. The summed E-state index contributed by atoms with van der Waals surface area (Å²) in [4.78, 5) is 1.88. The molecular weight excluding hydrogens is 324 g/mol. The van der Waals surface area contributed by atoms with Gasteiger partial charge in [0.2, 0.25) is 6.43 Å². The number of hydrogen-bond donors (Lipinski definition) is 1. The second kappa shape index (κ2) is 8.22. The van der Waals surface area contributed by atoms with Crippen LogP contribution in [0.5, 0.6) is 0 Å². The number of hydrogen-bond acceptors (Lipinski definition) is 2. The molecule has 1 N–H and O–H groups in total. The summed E-state index contributed by atoms with van der Waals surface area (Å²) in [5, 5.41) is 3.38. The van der Waals surface area contributed by atoms with E-state index in [4.69, 9.17) is 11.6 Å². The van der Waals surface area contributed by atoms with Gasteiger partial charge in [0.25, 0.3) is 0 Å². The van der Waals surface area contributed by atoms with E-state index >= 15 is 0 Å². The highest BCUT2D eigenvalue weighted by Crippen LogP contribution is 2.35. The van der Waals surface area contributed by atoms with Crippen molar-refractivity contribution < 1.29 is 13.2 Å². The third kappa shape index (κ3) is 4.49. The lowest BCUT2D eigenvalue weighted by Crippen LogP contribution is -2.45. The summed E-state index contributed by atoms with van der Waals surface area (Å²) in [5.74, 6) is -0.471. The number of aryl methyl sites for hydroxylation is 1. The molecule has 1 atom stereocenters. The second-order valence-electron chi connectivity index (χ2n) is 5.02. The van der Waals surface area contributed by atoms with Crippen molar-refractivity contribution >= 4 is 24.0 Å². The summed E-state index contributed by atoms with van der Waals surface area (Å²) in [6, 6.07) is 2.47. The van der Waals surface area contributed by atoms with Gasteiger partial charge in [-0.25, -0.2) is 13.2 Å². The molecule has 0 bridgehead atoms. The van der Waals surface area contributed by atoms with Crippen molar-refractivity contribution in [3.63, 3.8) is 0 Å². The smallest absolute Gasteiger partial charge is 0.240 e. The van der Waals surface area contributed by atoms with Crippen LogP contribution in [0.1, 0.15) is 23.6 Å². The highest BCUT2D eigenvalue weighted by Gasteiger charge is 2.29. The van der Waals surface area contributed by atoms with Crippen molar-refractivity contribution in [3.05, 3.63) is 34.1 Å². The SMILES string of the molecule is Cc1ccc(Cl)c([C@H](CC(F)F)N2CCNCC2)c1F.Cl. The van der Waals surface area contributed by atoms with E-state index in [-0.39, 0.29) is 23.0 Å². The molecule has 0 radical (unpaired) electrons. The van der Waals surface area contributed by atoms with E-state index in [1.807, 2.05) is 4.90 Å². The zero-order chi connectivity index (χ0) is 14.7. The molecule has 0 saturated carbocycles. The maximum Gasteiger partial charge on any atom is 0.240 e. The lowest BCUT2D eigenvalue weighted by Gasteiger charge is -2.35. The maximum atomic E-state index is 14.3. The van der Waals surface area contributed by atoms with Crippen LogP contribution >= 0.6 is 24.0 Å². The molecule has 1 fully saturated rings. The molecule has 2 nitrogen and oxygen atoms in total. The van der Waals surface area contributed by atoms with Gasteiger partial charge < -0.3 is 5.32 Å². The standard InChI is InChI=1S/C14H18ClF3N2.ClH/c1-9-2-3-10(15)13(14(9)18)11(8-12(16)17)20-6-4-19-5-7-20;/h2-3,11-12,19H,4-8H2,1H3;1H/t11-;/m0./s1. The first-order valence-electron chi connectivity index (χ1n) is 6.68. The highest BCUT2D eigenvalue weighted by molar-refractivity contribution is 6.31. The molecule has 0 aliphatic carbocycles. The molecule has 0 spiro atoms. The third-order valence-electron chi connectivity index (χ3n) is 3.65. The van der Waals surface area contributed by atoms with E-state index in [9.17, 15) is 13.2 Å². The van der Waals surface area contributed by atoms with Crippen LogP contribution in [0, 0.1) is 12.7 Å². The van der Waals surface area contributed by atoms with Gasteiger partial charge in [-0.1, -0.05) is 17.7 Å². The van der Waals surface area contributed by atoms with Gasteiger partial charge in [-0.05, 0) is 18.6 Å². The molecule has 1 saturated heterocycles. The van der Waals surface area contributed by atoms with Gasteiger partial charge in [-0.15, -0.1) is 12.4 Å². The van der Waals surface area contributed by atoms with Crippen molar-refractivity contribution in [2.24, 2.45) is 0 Å². The minimum absolute atomic E-state index is 0. The number of nitrogens with zero attached hydrogens (tertiary/aromatic N) is 1. The fourth-order valence-corrected chi connectivity index (χ4v) is 2.87. The van der Waals surface area contributed by atoms with Crippen molar-refractivity contribution in [1.82, 2.24) is 10.2 Å². The van der Waals surface area contributed by atoms with E-state index in [2.05, 4.69) is 5.32 Å². The Kier molecular flexibility index (Phi) is 7.27. The van der Waals surface area contributed by atoms with Gasteiger partial charge in [0, 0.05) is 49.2 Å². The first-order chi connectivity index (χ1) is 9.50. The van der Waals surface area contributed by atoms with Crippen LogP contribution in [0.15, 0.2) is 12.1 Å². The van der Waals surface area contributed by atoms with Crippen LogP contribution in [0.25, 0.3) is 0 Å². The van der Waals surface area contributed by atoms with E-state index < -0.39 is 24.7 Å². The summed E-state index contributed by atoms with van der Waals surface area (Å²) < 4.78 is 40.1. The minimum Gasteiger partial charge on any atom is -0.314 e. The van der Waals surface area contributed by atoms with Gasteiger partial charge >= 0.3 is 0 Å². The number of piperazine rings is 1. The molecular formula is C14H19Cl2F3N2. The van der Waals surface area contributed by atoms with Crippen molar-refractivity contribution in [2.45, 2.75) is 25.8 Å². The molecule has 0 amide bonds. The van der Waals surface area contributed by atoms with E-state index in [1.54, 1.807) is 19.1 Å². The Bertz CT molecular complexity index is 466. The molecule has 7 heteroatoms. The predicted molar refractivity (Wildman–Crippen MR) is 81.2 cm³/mol. The molecule has 120 valence electrons. The van der Waals surface area contributed by atoms with Crippen LogP contribution in [0.2, 0.25) is 5.02 Å². The molecule has 0 aromatic heterocycles. The second-order valence-corrected chi connectivity index (χ2v) is 5.43. The summed E-state index contributed by atoms with van der Waals surface area (Å²) in [7, 11) is 0. The quantitative estimate of drug-likeness (QED) is 0.894. The van der Waals surface area contributed by atoms with E-state index in [0.29, 0.717) is 31.7 Å². The summed E-state index contributed by atoms with van der Waals surface area (Å²) >= 11 is 6.07. The highest BCUT2D eigenvalue weighted by atomic mass is 35.5. The zero-order valence-corrected chi connectivity index (χ0v) is 13.3. The molecule has 0 unspecified atom stereocenters. The molecule has 1 aromatic rings. The van der Waals surface area contributed by atoms with Gasteiger partial charge in [-0.2, -0.15) is 0 Å². The monoisotopic (exact) mass is 342 g/mol. The fourth-order valence-electron chi connectivity index (χ4n) is 2.60. The van der Waals surface area contributed by atoms with Gasteiger partial charge in [0.15, 0.2) is 0 Å². The normalized spacial score (nSPS) is 17.6. The number of benzene rings is 1. The molecule has 1 aromatic carbocycles. The van der Waals surface area contributed by atoms with Crippen LogP contribution in [-0.4, -0.2) is 37.5 Å². The molecule has 1 aliphatic heterocycles. The average Bonchev–Trinajstić information content (AvgIpc) is 2.43. The van der Waals surface area contributed by atoms with Crippen LogP contribution in [0.4, 0.5) is 13.2 Å². The zero-order valence-electron chi connectivity index (χ0n) is 11.7. The van der Waals surface area contributed by atoms with Gasteiger partial charge in [0.05, 0.1) is 0 Å². The molecule has 21 heavy (non-hydrogen) atoms. The summed E-state index contributed by atoms with van der Waals surface area (Å²) in [6.45, 7) is 4.27. The van der Waals surface area contributed by atoms with Crippen LogP contribution in [0.3, 0.4) is 0 Å². The van der Waals surface area contributed by atoms with Gasteiger partial charge in [-0.3, -0.25) is 4.90 Å². The summed E-state index contributed by atoms with van der Waals surface area (Å²) in [6.07, 6.45) is -2.90. The van der Waals surface area contributed by atoms with Crippen LogP contribution in [-0.2, 0) is 0 Å². The van der Waals surface area contributed by atoms with E-state index in [0.717, 1.165) is 0 Å². The first kappa shape index (κ1) is 18.6. The van der Waals surface area contributed by atoms with E-state index in [1.165, 1.54) is 0 Å². The van der Waals surface area contributed by atoms with Crippen molar-refractivity contribution in [3.8, 4) is 0 Å². The van der Waals surface area contributed by atoms with Crippen molar-refractivity contribution in [1.29, 1.82) is 0 Å². The molecule has 1 aliphatic rings. The van der Waals surface area contributed by atoms with Gasteiger partial charge in [0.1, 0.15) is 5.82 Å². The minimum atomic E-state index is -2.49. The number of alkyl halides is 2. The molecule has 2 rings (SSSR count). The third-order valence-corrected chi connectivity index (χ3v) is 3.98. The number of rotatable bonds is 4. The molecule has 1 heterocycles. The van der Waals surface area contributed by atoms with Crippen molar-refractivity contribution in [2.75, 3.05) is 26.2 Å². The Morgan fingerprint density at radius 2 is 1.90 bits per heavy atom. The fraction of sp³-hybridized carbons (Fsp3) is 0.571. The maximum absolute atomic E-state index is 14.3. The topological polar surface area (TPSA) is 15.3 Å². The Morgan fingerprint density at radius 1 is 1.29 bits per heavy atom. The number of nitrogens with one attached hydrogen (secondary N) is 1. The Morgan fingerprint density at radius 3 is 2.48 bits per heavy atom. The summed E-state index contributed by atoms with van der Waals surface area (Å²) in [5.41, 5.74) is 0.632.